The van der Waals surface area contributed by atoms with Crippen molar-refractivity contribution in [2.24, 2.45) is 0 Å². The highest BCUT2D eigenvalue weighted by atomic mass is 32.2. The topological polar surface area (TPSA) is 0 Å². The van der Waals surface area contributed by atoms with Crippen LogP contribution in [0.3, 0.4) is 0 Å². The molecule has 64 valence electrons. The molecule has 0 fully saturated rings. The van der Waals surface area contributed by atoms with E-state index in [4.69, 9.17) is 0 Å². The molecule has 1 aromatic rings. The van der Waals surface area contributed by atoms with E-state index in [1.54, 1.807) is 11.8 Å². The van der Waals surface area contributed by atoms with Crippen molar-refractivity contribution in [3.8, 4) is 0 Å². The van der Waals surface area contributed by atoms with Crippen molar-refractivity contribution in [2.75, 3.05) is 6.26 Å². The second-order valence-electron chi connectivity index (χ2n) is 2.80. The Hall–Kier alpha value is -0.690. The van der Waals surface area contributed by atoms with Crippen LogP contribution < -0.4 is 0 Å². The second kappa shape index (κ2) is 4.36. The van der Waals surface area contributed by atoms with Gasteiger partial charge in [-0.1, -0.05) is 25.1 Å². The van der Waals surface area contributed by atoms with Gasteiger partial charge >= 0.3 is 0 Å². The number of allylic oxidation sites excluding steroid dienone is 1. The highest BCUT2D eigenvalue weighted by Gasteiger charge is 2.00. The van der Waals surface area contributed by atoms with Gasteiger partial charge in [-0.05, 0) is 29.9 Å². The summed E-state index contributed by atoms with van der Waals surface area (Å²) in [5, 5.41) is 0. The van der Waals surface area contributed by atoms with E-state index < -0.39 is 0 Å². The summed E-state index contributed by atoms with van der Waals surface area (Å²) in [5.74, 6) is 0.456. The highest BCUT2D eigenvalue weighted by molar-refractivity contribution is 7.98. The molecule has 0 saturated carbocycles. The molecular weight excluding hydrogens is 164 g/mol. The molecular formula is C11H14S. The molecule has 1 aromatic carbocycles. The fourth-order valence-electron chi connectivity index (χ4n) is 1.06. The average molecular weight is 178 g/mol. The predicted molar refractivity (Wildman–Crippen MR) is 56.8 cm³/mol. The minimum absolute atomic E-state index is 0.456. The zero-order valence-electron chi connectivity index (χ0n) is 7.58. The van der Waals surface area contributed by atoms with Gasteiger partial charge in [-0.25, -0.2) is 0 Å². The Labute approximate surface area is 78.7 Å². The minimum atomic E-state index is 0.456. The SMILES string of the molecule is C=CC(C)c1cccc(SC)c1. The summed E-state index contributed by atoms with van der Waals surface area (Å²) in [5.41, 5.74) is 1.34. The van der Waals surface area contributed by atoms with Crippen LogP contribution in [0.2, 0.25) is 0 Å². The maximum absolute atomic E-state index is 3.79. The van der Waals surface area contributed by atoms with Crippen LogP contribution >= 0.6 is 11.8 Å². The van der Waals surface area contributed by atoms with Gasteiger partial charge in [-0.3, -0.25) is 0 Å². The van der Waals surface area contributed by atoms with Crippen LogP contribution in [-0.2, 0) is 0 Å². The molecule has 0 aliphatic heterocycles. The molecule has 0 aliphatic carbocycles. The summed E-state index contributed by atoms with van der Waals surface area (Å²) in [6.07, 6.45) is 4.07. The molecule has 1 unspecified atom stereocenters. The summed E-state index contributed by atoms with van der Waals surface area (Å²) in [6.45, 7) is 5.94. The van der Waals surface area contributed by atoms with E-state index in [1.807, 2.05) is 6.08 Å². The molecule has 0 aromatic heterocycles. The van der Waals surface area contributed by atoms with Crippen LogP contribution in [0.4, 0.5) is 0 Å². The van der Waals surface area contributed by atoms with Crippen LogP contribution in [0, 0.1) is 0 Å². The lowest BCUT2D eigenvalue weighted by Crippen LogP contribution is -1.87. The number of rotatable bonds is 3. The third-order valence-corrected chi connectivity index (χ3v) is 2.70. The molecule has 1 atom stereocenters. The Morgan fingerprint density at radius 2 is 2.25 bits per heavy atom. The van der Waals surface area contributed by atoms with Crippen LogP contribution in [-0.4, -0.2) is 6.26 Å². The van der Waals surface area contributed by atoms with E-state index >= 15 is 0 Å². The molecule has 1 rings (SSSR count). The third-order valence-electron chi connectivity index (χ3n) is 1.97. The average Bonchev–Trinajstić information content (AvgIpc) is 2.17. The first kappa shape index (κ1) is 9.40. The van der Waals surface area contributed by atoms with Gasteiger partial charge in [-0.2, -0.15) is 0 Å². The Bertz CT molecular complexity index is 265. The van der Waals surface area contributed by atoms with Gasteiger partial charge < -0.3 is 0 Å². The van der Waals surface area contributed by atoms with E-state index in [9.17, 15) is 0 Å². The van der Waals surface area contributed by atoms with Gasteiger partial charge in [0.25, 0.3) is 0 Å². The fraction of sp³-hybridized carbons (Fsp3) is 0.273. The Balaban J connectivity index is 2.93. The first-order valence-electron chi connectivity index (χ1n) is 4.04. The zero-order chi connectivity index (χ0) is 8.97. The van der Waals surface area contributed by atoms with Gasteiger partial charge in [0.15, 0.2) is 0 Å². The molecule has 0 spiro atoms. The quantitative estimate of drug-likeness (QED) is 0.502. The first-order valence-corrected chi connectivity index (χ1v) is 5.27. The van der Waals surface area contributed by atoms with Gasteiger partial charge in [0, 0.05) is 4.90 Å². The largest absolute Gasteiger partial charge is 0.130 e. The maximum atomic E-state index is 3.79. The fourth-order valence-corrected chi connectivity index (χ4v) is 1.53. The second-order valence-corrected chi connectivity index (χ2v) is 3.68. The van der Waals surface area contributed by atoms with Gasteiger partial charge in [-0.15, -0.1) is 18.3 Å². The maximum Gasteiger partial charge on any atom is 0.00720 e. The Morgan fingerprint density at radius 1 is 1.50 bits per heavy atom. The van der Waals surface area contributed by atoms with E-state index in [1.165, 1.54) is 10.5 Å². The van der Waals surface area contributed by atoms with Crippen molar-refractivity contribution in [3.63, 3.8) is 0 Å². The monoisotopic (exact) mass is 178 g/mol. The van der Waals surface area contributed by atoms with E-state index in [-0.39, 0.29) is 0 Å². The first-order chi connectivity index (χ1) is 5.77. The van der Waals surface area contributed by atoms with E-state index in [0.717, 1.165) is 0 Å². The summed E-state index contributed by atoms with van der Waals surface area (Å²) < 4.78 is 0. The van der Waals surface area contributed by atoms with Crippen molar-refractivity contribution in [3.05, 3.63) is 42.5 Å². The number of hydrogen-bond donors (Lipinski definition) is 0. The van der Waals surface area contributed by atoms with E-state index in [0.29, 0.717) is 5.92 Å². The molecule has 0 nitrogen and oxygen atoms in total. The van der Waals surface area contributed by atoms with Gasteiger partial charge in [0.2, 0.25) is 0 Å². The minimum Gasteiger partial charge on any atom is -0.130 e. The van der Waals surface area contributed by atoms with Crippen molar-refractivity contribution in [1.29, 1.82) is 0 Å². The Kier molecular flexibility index (Phi) is 3.42. The molecule has 0 aliphatic rings. The van der Waals surface area contributed by atoms with Crippen molar-refractivity contribution < 1.29 is 0 Å². The molecule has 0 N–H and O–H groups in total. The molecule has 0 bridgehead atoms. The number of hydrogen-bond acceptors (Lipinski definition) is 1. The van der Waals surface area contributed by atoms with Crippen molar-refractivity contribution in [2.45, 2.75) is 17.7 Å². The molecule has 12 heavy (non-hydrogen) atoms. The van der Waals surface area contributed by atoms with Crippen LogP contribution in [0.1, 0.15) is 18.4 Å². The smallest absolute Gasteiger partial charge is 0.00720 e. The summed E-state index contributed by atoms with van der Waals surface area (Å²) in [7, 11) is 0. The number of thioether (sulfide) groups is 1. The standard InChI is InChI=1S/C11H14S/c1-4-9(2)10-6-5-7-11(8-10)12-3/h4-9H,1H2,2-3H3. The lowest BCUT2D eigenvalue weighted by atomic mass is 10.0. The molecule has 0 amide bonds. The third kappa shape index (κ3) is 2.15. The van der Waals surface area contributed by atoms with Gasteiger partial charge in [0.1, 0.15) is 0 Å². The highest BCUT2D eigenvalue weighted by Crippen LogP contribution is 2.21. The van der Waals surface area contributed by atoms with Crippen LogP contribution in [0.5, 0.6) is 0 Å². The van der Waals surface area contributed by atoms with Crippen LogP contribution in [0.15, 0.2) is 41.8 Å². The summed E-state index contributed by atoms with van der Waals surface area (Å²) in [4.78, 5) is 1.32. The van der Waals surface area contributed by atoms with E-state index in [2.05, 4.69) is 44.0 Å². The summed E-state index contributed by atoms with van der Waals surface area (Å²) in [6, 6.07) is 8.59. The van der Waals surface area contributed by atoms with Gasteiger partial charge in [0.05, 0.1) is 0 Å². The Morgan fingerprint density at radius 3 is 2.83 bits per heavy atom. The lowest BCUT2D eigenvalue weighted by Gasteiger charge is -2.06. The molecule has 0 saturated heterocycles. The molecule has 1 heteroatoms. The van der Waals surface area contributed by atoms with Crippen LogP contribution in [0.25, 0.3) is 0 Å². The lowest BCUT2D eigenvalue weighted by molar-refractivity contribution is 0.964. The normalized spacial score (nSPS) is 12.5. The molecule has 0 heterocycles. The number of benzene rings is 1. The van der Waals surface area contributed by atoms with Crippen molar-refractivity contribution in [1.82, 2.24) is 0 Å². The predicted octanol–water partition coefficient (Wildman–Crippen LogP) is 3.70. The molecule has 0 radical (unpaired) electrons. The zero-order valence-corrected chi connectivity index (χ0v) is 8.40. The summed E-state index contributed by atoms with van der Waals surface area (Å²) >= 11 is 1.78. The van der Waals surface area contributed by atoms with Crippen molar-refractivity contribution >= 4 is 11.8 Å².